The van der Waals surface area contributed by atoms with Crippen LogP contribution in [0, 0.1) is 13.8 Å². The largest absolute Gasteiger partial charge is 0.463 e. The molecule has 0 aliphatic carbocycles. The van der Waals surface area contributed by atoms with Crippen molar-refractivity contribution >= 4 is 17.6 Å². The van der Waals surface area contributed by atoms with Crippen LogP contribution >= 0.6 is 11.6 Å². The number of aromatic nitrogens is 2. The zero-order chi connectivity index (χ0) is 20.1. The van der Waals surface area contributed by atoms with Crippen LogP contribution < -0.4 is 0 Å². The highest BCUT2D eigenvalue weighted by Crippen LogP contribution is 2.26. The van der Waals surface area contributed by atoms with E-state index >= 15 is 0 Å². The molecule has 6 nitrogen and oxygen atoms in total. The van der Waals surface area contributed by atoms with Gasteiger partial charge in [-0.15, -0.1) is 0 Å². The molecule has 2 aromatic rings. The van der Waals surface area contributed by atoms with E-state index in [1.807, 2.05) is 25.1 Å². The summed E-state index contributed by atoms with van der Waals surface area (Å²) in [5.74, 6) is 0.737. The number of rotatable bonds is 9. The van der Waals surface area contributed by atoms with Gasteiger partial charge in [0.25, 0.3) is 0 Å². The zero-order valence-corrected chi connectivity index (χ0v) is 16.9. The Morgan fingerprint density at radius 2 is 1.93 bits per heavy atom. The molecule has 2 rings (SSSR count). The topological polar surface area (TPSA) is 74.5 Å². The number of hydrogen-bond acceptors (Lipinski definition) is 6. The van der Waals surface area contributed by atoms with Gasteiger partial charge in [-0.05, 0) is 43.9 Å². The third-order valence-corrected chi connectivity index (χ3v) is 3.86. The molecule has 27 heavy (non-hydrogen) atoms. The van der Waals surface area contributed by atoms with E-state index in [0.29, 0.717) is 23.3 Å². The summed E-state index contributed by atoms with van der Waals surface area (Å²) < 4.78 is 14.6. The lowest BCUT2D eigenvalue weighted by Crippen LogP contribution is -2.01. The van der Waals surface area contributed by atoms with Gasteiger partial charge >= 0.3 is 5.97 Å². The normalized spacial score (nSPS) is 10.1. The van der Waals surface area contributed by atoms with E-state index in [-0.39, 0.29) is 5.97 Å². The molecule has 0 saturated carbocycles. The van der Waals surface area contributed by atoms with Gasteiger partial charge in [0.05, 0.1) is 11.6 Å². The Morgan fingerprint density at radius 1 is 1.22 bits per heavy atom. The maximum atomic E-state index is 10.6. The molecule has 0 radical (unpaired) electrons. The lowest BCUT2D eigenvalue weighted by Gasteiger charge is -2.01. The molecule has 0 saturated heterocycles. The van der Waals surface area contributed by atoms with E-state index in [4.69, 9.17) is 25.6 Å². The molecular weight excluding hydrogens is 368 g/mol. The first kappa shape index (κ1) is 22.9. The van der Waals surface area contributed by atoms with Gasteiger partial charge < -0.3 is 14.0 Å². The van der Waals surface area contributed by atoms with Crippen molar-refractivity contribution in [3.05, 3.63) is 47.3 Å². The minimum absolute atomic E-state index is 0.336. The van der Waals surface area contributed by atoms with Gasteiger partial charge in [0, 0.05) is 32.3 Å². The number of aryl methyl sites for hydroxylation is 2. The second-order valence-electron chi connectivity index (χ2n) is 5.90. The van der Waals surface area contributed by atoms with Crippen LogP contribution in [0.15, 0.2) is 35.4 Å². The number of nitrogens with zero attached hydrogens (tertiary/aromatic N) is 2. The third-order valence-electron chi connectivity index (χ3n) is 3.55. The summed E-state index contributed by atoms with van der Waals surface area (Å²) in [4.78, 5) is 14.7. The maximum Gasteiger partial charge on any atom is 0.330 e. The van der Waals surface area contributed by atoms with E-state index < -0.39 is 0 Å². The van der Waals surface area contributed by atoms with Crippen molar-refractivity contribution in [1.82, 2.24) is 10.1 Å². The van der Waals surface area contributed by atoms with Gasteiger partial charge in [-0.25, -0.2) is 4.79 Å². The van der Waals surface area contributed by atoms with Gasteiger partial charge in [-0.1, -0.05) is 35.8 Å². The quantitative estimate of drug-likeness (QED) is 0.341. The van der Waals surface area contributed by atoms with Crippen molar-refractivity contribution in [2.45, 2.75) is 39.5 Å². The average Bonchev–Trinajstić information content (AvgIpc) is 3.07. The van der Waals surface area contributed by atoms with Crippen LogP contribution in [-0.4, -0.2) is 36.4 Å². The molecule has 0 bridgehead atoms. The van der Waals surface area contributed by atoms with E-state index in [1.165, 1.54) is 6.08 Å². The summed E-state index contributed by atoms with van der Waals surface area (Å²) in [5.41, 5.74) is 1.91. The van der Waals surface area contributed by atoms with E-state index in [0.717, 1.165) is 43.4 Å². The van der Waals surface area contributed by atoms with Crippen molar-refractivity contribution in [2.24, 2.45) is 0 Å². The smallest absolute Gasteiger partial charge is 0.330 e. The lowest BCUT2D eigenvalue weighted by molar-refractivity contribution is -0.137. The molecule has 1 heterocycles. The second kappa shape index (κ2) is 13.1. The Hall–Kier alpha value is -2.18. The minimum atomic E-state index is -0.336. The number of carbonyl (C=O) groups excluding carboxylic acids is 1. The van der Waals surface area contributed by atoms with Crippen LogP contribution in [0.3, 0.4) is 0 Å². The number of unbranched alkanes of at least 4 members (excludes halogenated alkanes) is 3. The minimum Gasteiger partial charge on any atom is -0.463 e. The summed E-state index contributed by atoms with van der Waals surface area (Å²) in [6.07, 6.45) is 5.38. The molecule has 0 unspecified atom stereocenters. The number of hydrogen-bond donors (Lipinski definition) is 0. The maximum absolute atomic E-state index is 10.6. The van der Waals surface area contributed by atoms with Crippen LogP contribution in [-0.2, 0) is 14.3 Å². The highest BCUT2D eigenvalue weighted by atomic mass is 35.5. The lowest BCUT2D eigenvalue weighted by atomic mass is 10.1. The number of benzene rings is 1. The summed E-state index contributed by atoms with van der Waals surface area (Å²) in [5, 5.41) is 4.45. The summed E-state index contributed by atoms with van der Waals surface area (Å²) in [7, 11) is 1.70. The molecule has 0 aliphatic rings. The van der Waals surface area contributed by atoms with Crippen molar-refractivity contribution in [2.75, 3.05) is 20.3 Å². The van der Waals surface area contributed by atoms with Crippen molar-refractivity contribution < 1.29 is 18.8 Å². The van der Waals surface area contributed by atoms with Crippen molar-refractivity contribution in [1.29, 1.82) is 0 Å². The Morgan fingerprint density at radius 3 is 2.48 bits per heavy atom. The molecule has 7 heteroatoms. The molecule has 0 N–H and O–H groups in total. The van der Waals surface area contributed by atoms with Crippen LogP contribution in [0.5, 0.6) is 0 Å². The van der Waals surface area contributed by atoms with E-state index in [9.17, 15) is 4.79 Å². The summed E-state index contributed by atoms with van der Waals surface area (Å²) in [6.45, 7) is 8.35. The van der Waals surface area contributed by atoms with Gasteiger partial charge in [0.2, 0.25) is 11.7 Å². The van der Waals surface area contributed by atoms with Crippen LogP contribution in [0.2, 0.25) is 5.02 Å². The van der Waals surface area contributed by atoms with Crippen molar-refractivity contribution in [3.8, 4) is 11.4 Å². The molecule has 0 spiro atoms. The molecule has 0 atom stereocenters. The zero-order valence-electron chi connectivity index (χ0n) is 16.2. The predicted octanol–water partition coefficient (Wildman–Crippen LogP) is 4.93. The first-order chi connectivity index (χ1) is 13.0. The van der Waals surface area contributed by atoms with Gasteiger partial charge in [-0.2, -0.15) is 4.98 Å². The van der Waals surface area contributed by atoms with E-state index in [2.05, 4.69) is 16.7 Å². The Balaban J connectivity index is 0.000000271. The number of halogens is 1. The molecular formula is C20H27ClN2O4. The fourth-order valence-corrected chi connectivity index (χ4v) is 2.46. The molecule has 1 aromatic heterocycles. The average molecular weight is 395 g/mol. The molecule has 0 amide bonds. The third kappa shape index (κ3) is 9.35. The standard InChI is InChI=1S/C10H9ClN2O.C10H18O3/c1-6-3-4-8(9(11)5-6)10-12-7(2)14-13-10;1-3-10(11)13-9-7-5-4-6-8-12-2/h3-5H,1-2H3;3H,1,4-9H2,2H3. The van der Waals surface area contributed by atoms with Crippen LogP contribution in [0.25, 0.3) is 11.4 Å². The highest BCUT2D eigenvalue weighted by Gasteiger charge is 2.09. The summed E-state index contributed by atoms with van der Waals surface area (Å²) in [6, 6.07) is 5.73. The number of carbonyl (C=O) groups is 1. The van der Waals surface area contributed by atoms with Crippen molar-refractivity contribution in [3.63, 3.8) is 0 Å². The van der Waals surface area contributed by atoms with Gasteiger partial charge in [-0.3, -0.25) is 0 Å². The fourth-order valence-electron chi connectivity index (χ4n) is 2.14. The second-order valence-corrected chi connectivity index (χ2v) is 6.31. The monoisotopic (exact) mass is 394 g/mol. The predicted molar refractivity (Wildman–Crippen MR) is 106 cm³/mol. The van der Waals surface area contributed by atoms with Gasteiger partial charge in [0.1, 0.15) is 0 Å². The molecule has 148 valence electrons. The van der Waals surface area contributed by atoms with Gasteiger partial charge in [0.15, 0.2) is 0 Å². The Labute approximate surface area is 165 Å². The first-order valence-corrected chi connectivity index (χ1v) is 9.20. The molecule has 0 aliphatic heterocycles. The SMILES string of the molecule is C=CC(=O)OCCCCCCOC.Cc1ccc(-c2noc(C)n2)c(Cl)c1. The fraction of sp³-hybridized carbons (Fsp3) is 0.450. The highest BCUT2D eigenvalue weighted by molar-refractivity contribution is 6.33. The Bertz CT molecular complexity index is 716. The van der Waals surface area contributed by atoms with E-state index in [1.54, 1.807) is 14.0 Å². The number of methoxy groups -OCH3 is 1. The van der Waals surface area contributed by atoms with Crippen LogP contribution in [0.4, 0.5) is 0 Å². The molecule has 0 fully saturated rings. The van der Waals surface area contributed by atoms with Crippen LogP contribution in [0.1, 0.15) is 37.1 Å². The number of esters is 1. The molecule has 1 aromatic carbocycles. The Kier molecular flexibility index (Phi) is 11.1. The number of ether oxygens (including phenoxy) is 2. The first-order valence-electron chi connectivity index (χ1n) is 8.83. The summed E-state index contributed by atoms with van der Waals surface area (Å²) >= 11 is 6.05.